The van der Waals surface area contributed by atoms with Crippen molar-refractivity contribution in [1.29, 1.82) is 0 Å². The summed E-state index contributed by atoms with van der Waals surface area (Å²) in [4.78, 5) is 0. The van der Waals surface area contributed by atoms with Crippen LogP contribution in [0.2, 0.25) is 0 Å². The van der Waals surface area contributed by atoms with Gasteiger partial charge in [-0.1, -0.05) is 36.4 Å². The molecule has 2 aromatic rings. The van der Waals surface area contributed by atoms with Gasteiger partial charge in [0.1, 0.15) is 0 Å². The second-order valence-electron chi connectivity index (χ2n) is 3.65. The lowest BCUT2D eigenvalue weighted by atomic mass is 10.0. The van der Waals surface area contributed by atoms with Crippen LogP contribution < -0.4 is 0 Å². The number of rotatable bonds is 1. The highest BCUT2D eigenvalue weighted by Crippen LogP contribution is 2.35. The molecule has 94 valence electrons. The van der Waals surface area contributed by atoms with Gasteiger partial charge in [0, 0.05) is 5.56 Å². The molecular weight excluding hydrogens is 251 g/mol. The van der Waals surface area contributed by atoms with E-state index >= 15 is 0 Å². The van der Waals surface area contributed by atoms with E-state index in [-0.39, 0.29) is 5.56 Å². The van der Waals surface area contributed by atoms with Crippen LogP contribution in [0.1, 0.15) is 5.56 Å². The third-order valence-electron chi connectivity index (χ3n) is 2.47. The largest absolute Gasteiger partial charge is 0.419 e. The van der Waals surface area contributed by atoms with Crippen LogP contribution in [0.3, 0.4) is 0 Å². The van der Waals surface area contributed by atoms with Gasteiger partial charge in [-0.25, -0.2) is 8.78 Å². The van der Waals surface area contributed by atoms with Gasteiger partial charge >= 0.3 is 6.18 Å². The standard InChI is InChI=1S/C13H7F5/c14-11-9(8-4-2-1-3-5-8)6-7-10(12(11)15)13(16,17)18/h1-7H. The van der Waals surface area contributed by atoms with Gasteiger partial charge < -0.3 is 0 Å². The van der Waals surface area contributed by atoms with Crippen molar-refractivity contribution in [3.63, 3.8) is 0 Å². The predicted octanol–water partition coefficient (Wildman–Crippen LogP) is 4.65. The molecule has 0 saturated carbocycles. The molecule has 0 fully saturated rings. The maximum Gasteiger partial charge on any atom is 0.419 e. The average Bonchev–Trinajstić information content (AvgIpc) is 2.32. The van der Waals surface area contributed by atoms with E-state index in [1.54, 1.807) is 18.2 Å². The van der Waals surface area contributed by atoms with E-state index in [0.717, 1.165) is 6.07 Å². The highest BCUT2D eigenvalue weighted by atomic mass is 19.4. The van der Waals surface area contributed by atoms with Gasteiger partial charge in [0.05, 0.1) is 5.56 Å². The Kier molecular flexibility index (Phi) is 3.07. The first kappa shape index (κ1) is 12.5. The van der Waals surface area contributed by atoms with Crippen LogP contribution in [-0.2, 0) is 6.18 Å². The van der Waals surface area contributed by atoms with E-state index in [2.05, 4.69) is 0 Å². The van der Waals surface area contributed by atoms with E-state index in [1.807, 2.05) is 0 Å². The summed E-state index contributed by atoms with van der Waals surface area (Å²) in [5.41, 5.74) is -1.47. The lowest BCUT2D eigenvalue weighted by molar-refractivity contribution is -0.140. The third-order valence-corrected chi connectivity index (χ3v) is 2.47. The zero-order chi connectivity index (χ0) is 13.3. The highest BCUT2D eigenvalue weighted by molar-refractivity contribution is 5.64. The molecule has 0 saturated heterocycles. The Labute approximate surface area is 99.7 Å². The maximum absolute atomic E-state index is 13.6. The summed E-state index contributed by atoms with van der Waals surface area (Å²) in [5.74, 6) is -3.36. The van der Waals surface area contributed by atoms with Crippen LogP contribution in [0.5, 0.6) is 0 Å². The monoisotopic (exact) mass is 258 g/mol. The van der Waals surface area contributed by atoms with Gasteiger partial charge in [0.25, 0.3) is 0 Å². The molecule has 0 nitrogen and oxygen atoms in total. The second-order valence-corrected chi connectivity index (χ2v) is 3.65. The highest BCUT2D eigenvalue weighted by Gasteiger charge is 2.36. The van der Waals surface area contributed by atoms with Crippen LogP contribution in [-0.4, -0.2) is 0 Å². The Morgan fingerprint density at radius 1 is 0.722 bits per heavy atom. The molecule has 0 spiro atoms. The fraction of sp³-hybridized carbons (Fsp3) is 0.0769. The summed E-state index contributed by atoms with van der Waals surface area (Å²) in [6.45, 7) is 0. The molecule has 0 aliphatic heterocycles. The van der Waals surface area contributed by atoms with Gasteiger partial charge in [-0.15, -0.1) is 0 Å². The molecule has 0 amide bonds. The molecule has 18 heavy (non-hydrogen) atoms. The fourth-order valence-electron chi connectivity index (χ4n) is 1.61. The SMILES string of the molecule is Fc1c(-c2ccccc2)ccc(C(F)(F)F)c1F. The van der Waals surface area contributed by atoms with Crippen molar-refractivity contribution < 1.29 is 22.0 Å². The molecular formula is C13H7F5. The Morgan fingerprint density at radius 3 is 1.89 bits per heavy atom. The number of hydrogen-bond donors (Lipinski definition) is 0. The lowest BCUT2D eigenvalue weighted by Crippen LogP contribution is -2.10. The Morgan fingerprint density at radius 2 is 1.33 bits per heavy atom. The minimum atomic E-state index is -4.90. The molecule has 0 heterocycles. The minimum Gasteiger partial charge on any atom is -0.203 e. The third kappa shape index (κ3) is 2.20. The summed E-state index contributed by atoms with van der Waals surface area (Å²) in [7, 11) is 0. The van der Waals surface area contributed by atoms with E-state index in [9.17, 15) is 22.0 Å². The molecule has 5 heteroatoms. The number of benzene rings is 2. The van der Waals surface area contributed by atoms with Crippen molar-refractivity contribution in [2.75, 3.05) is 0 Å². The maximum atomic E-state index is 13.6. The number of alkyl halides is 3. The molecule has 0 N–H and O–H groups in total. The molecule has 0 atom stereocenters. The fourth-order valence-corrected chi connectivity index (χ4v) is 1.61. The number of halogens is 5. The van der Waals surface area contributed by atoms with E-state index < -0.39 is 23.4 Å². The minimum absolute atomic E-state index is 0.193. The van der Waals surface area contributed by atoms with Gasteiger partial charge in [-0.05, 0) is 11.6 Å². The van der Waals surface area contributed by atoms with Crippen molar-refractivity contribution in [1.82, 2.24) is 0 Å². The molecule has 0 radical (unpaired) electrons. The van der Waals surface area contributed by atoms with E-state index in [4.69, 9.17) is 0 Å². The normalized spacial score (nSPS) is 11.6. The molecule has 0 aliphatic rings. The van der Waals surface area contributed by atoms with Crippen molar-refractivity contribution >= 4 is 0 Å². The van der Waals surface area contributed by atoms with Gasteiger partial charge in [0.15, 0.2) is 11.6 Å². The Balaban J connectivity index is 2.58. The van der Waals surface area contributed by atoms with Crippen LogP contribution in [0.4, 0.5) is 22.0 Å². The zero-order valence-corrected chi connectivity index (χ0v) is 8.93. The molecule has 0 aliphatic carbocycles. The molecule has 0 unspecified atom stereocenters. The van der Waals surface area contributed by atoms with Crippen LogP contribution >= 0.6 is 0 Å². The summed E-state index contributed by atoms with van der Waals surface area (Å²) in [6, 6.07) is 9.30. The smallest absolute Gasteiger partial charge is 0.203 e. The number of hydrogen-bond acceptors (Lipinski definition) is 0. The van der Waals surface area contributed by atoms with Crippen LogP contribution in [0, 0.1) is 11.6 Å². The van der Waals surface area contributed by atoms with E-state index in [0.29, 0.717) is 11.6 Å². The first-order chi connectivity index (χ1) is 8.41. The molecule has 2 aromatic carbocycles. The van der Waals surface area contributed by atoms with Crippen LogP contribution in [0.25, 0.3) is 11.1 Å². The van der Waals surface area contributed by atoms with Gasteiger partial charge in [-0.2, -0.15) is 13.2 Å². The van der Waals surface area contributed by atoms with Crippen molar-refractivity contribution in [2.24, 2.45) is 0 Å². The first-order valence-electron chi connectivity index (χ1n) is 5.02. The lowest BCUT2D eigenvalue weighted by Gasteiger charge is -2.11. The predicted molar refractivity (Wildman–Crippen MR) is 56.8 cm³/mol. The van der Waals surface area contributed by atoms with Gasteiger partial charge in [0.2, 0.25) is 0 Å². The summed E-state index contributed by atoms with van der Waals surface area (Å²) in [5, 5.41) is 0. The topological polar surface area (TPSA) is 0 Å². The zero-order valence-electron chi connectivity index (χ0n) is 8.93. The second kappa shape index (κ2) is 4.40. The molecule has 2 rings (SSSR count). The average molecular weight is 258 g/mol. The summed E-state index contributed by atoms with van der Waals surface area (Å²) < 4.78 is 64.0. The Bertz CT molecular complexity index is 558. The van der Waals surface area contributed by atoms with Crippen molar-refractivity contribution in [3.05, 3.63) is 59.7 Å². The van der Waals surface area contributed by atoms with Crippen molar-refractivity contribution in [3.8, 4) is 11.1 Å². The van der Waals surface area contributed by atoms with E-state index in [1.165, 1.54) is 12.1 Å². The summed E-state index contributed by atoms with van der Waals surface area (Å²) >= 11 is 0. The quantitative estimate of drug-likeness (QED) is 0.653. The van der Waals surface area contributed by atoms with Crippen molar-refractivity contribution in [2.45, 2.75) is 6.18 Å². The van der Waals surface area contributed by atoms with Crippen LogP contribution in [0.15, 0.2) is 42.5 Å². The first-order valence-corrected chi connectivity index (χ1v) is 5.02. The Hall–Kier alpha value is -1.91. The summed E-state index contributed by atoms with van der Waals surface area (Å²) in [6.07, 6.45) is -4.90. The van der Waals surface area contributed by atoms with Gasteiger partial charge in [-0.3, -0.25) is 0 Å². The molecule has 0 aromatic heterocycles. The molecule has 0 bridgehead atoms.